The molecular weight excluding hydrogens is 329 g/mol. The number of hydrogen-bond acceptors (Lipinski definition) is 4. The molecule has 0 aromatic heterocycles. The third-order valence-corrected chi connectivity index (χ3v) is 6.23. The molecule has 1 aliphatic heterocycles. The Morgan fingerprint density at radius 3 is 2.27 bits per heavy atom. The first kappa shape index (κ1) is 19.4. The fourth-order valence-corrected chi connectivity index (χ4v) is 4.73. The number of rotatable bonds is 8. The van der Waals surface area contributed by atoms with Crippen LogP contribution < -0.4 is 0 Å². The van der Waals surface area contributed by atoms with Crippen LogP contribution in [0.2, 0.25) is 6.32 Å². The van der Waals surface area contributed by atoms with Gasteiger partial charge >= 0.3 is 13.1 Å². The minimum absolute atomic E-state index is 0.242. The van der Waals surface area contributed by atoms with Gasteiger partial charge in [-0.1, -0.05) is 37.1 Å². The Hall–Kier alpha value is -1.37. The largest absolute Gasteiger partial charge is 0.481 e. The van der Waals surface area contributed by atoms with Crippen LogP contribution in [0, 0.1) is 11.8 Å². The van der Waals surface area contributed by atoms with Gasteiger partial charge in [0, 0.05) is 6.04 Å². The van der Waals surface area contributed by atoms with Crippen molar-refractivity contribution in [3.8, 4) is 0 Å². The van der Waals surface area contributed by atoms with Crippen LogP contribution in [-0.2, 0) is 17.6 Å². The lowest BCUT2D eigenvalue weighted by molar-refractivity contribution is -0.144. The van der Waals surface area contributed by atoms with Crippen molar-refractivity contribution < 1.29 is 19.9 Å². The molecule has 142 valence electrons. The summed E-state index contributed by atoms with van der Waals surface area (Å²) in [5.41, 5.74) is 2.93. The first-order valence-corrected chi connectivity index (χ1v) is 9.94. The van der Waals surface area contributed by atoms with E-state index in [1.165, 1.54) is 11.1 Å². The van der Waals surface area contributed by atoms with Crippen molar-refractivity contribution in [3.05, 3.63) is 35.4 Å². The van der Waals surface area contributed by atoms with E-state index in [4.69, 9.17) is 10.0 Å². The topological polar surface area (TPSA) is 81.0 Å². The van der Waals surface area contributed by atoms with Gasteiger partial charge in [0.1, 0.15) is 0 Å². The van der Waals surface area contributed by atoms with Gasteiger partial charge in [0.15, 0.2) is 0 Å². The average molecular weight is 359 g/mol. The maximum Gasteiger partial charge on any atom is 0.451 e. The Labute approximate surface area is 156 Å². The number of fused-ring (bicyclic) bond motifs is 1. The van der Waals surface area contributed by atoms with Crippen molar-refractivity contribution in [2.45, 2.75) is 57.3 Å². The highest BCUT2D eigenvalue weighted by Gasteiger charge is 2.34. The maximum absolute atomic E-state index is 11.7. The summed E-state index contributed by atoms with van der Waals surface area (Å²) in [6.07, 6.45) is 6.51. The van der Waals surface area contributed by atoms with Crippen LogP contribution in [0.5, 0.6) is 0 Å². The van der Waals surface area contributed by atoms with Gasteiger partial charge in [-0.05, 0) is 68.6 Å². The molecule has 1 heterocycles. The molecule has 1 aliphatic carbocycles. The molecule has 2 aliphatic rings. The molecule has 3 rings (SSSR count). The molecule has 1 unspecified atom stereocenters. The monoisotopic (exact) mass is 359 g/mol. The number of unbranched alkanes of at least 4 members (excludes halogenated alkanes) is 1. The summed E-state index contributed by atoms with van der Waals surface area (Å²) in [7, 11) is -1.28. The second-order valence-electron chi connectivity index (χ2n) is 7.91. The number of carboxylic acids is 1. The number of aliphatic carboxylic acids is 1. The van der Waals surface area contributed by atoms with E-state index in [1.807, 2.05) is 0 Å². The fourth-order valence-electron chi connectivity index (χ4n) is 4.73. The van der Waals surface area contributed by atoms with Crippen LogP contribution in [0.15, 0.2) is 24.3 Å². The molecule has 1 aromatic carbocycles. The van der Waals surface area contributed by atoms with Gasteiger partial charge in [0.25, 0.3) is 0 Å². The molecule has 5 nitrogen and oxygen atoms in total. The standard InChI is InChI=1S/C20H30BNO4/c23-20(24)19(7-3-4-10-21(25)26)15-8-11-22(12-9-15)18-13-16-5-1-2-6-17(16)14-18/h1-2,5-6,15,18-19,25-26H,3-4,7-14H2,(H,23,24). The number of piperidine rings is 1. The molecule has 0 saturated carbocycles. The summed E-state index contributed by atoms with van der Waals surface area (Å²) in [6.45, 7) is 1.98. The lowest BCUT2D eigenvalue weighted by Gasteiger charge is -2.38. The van der Waals surface area contributed by atoms with Crippen LogP contribution in [0.1, 0.15) is 43.2 Å². The van der Waals surface area contributed by atoms with Gasteiger partial charge in [-0.2, -0.15) is 0 Å². The first-order chi connectivity index (χ1) is 12.5. The molecule has 0 bridgehead atoms. The van der Waals surface area contributed by atoms with E-state index in [0.717, 1.165) is 45.2 Å². The van der Waals surface area contributed by atoms with Crippen LogP contribution in [0.4, 0.5) is 0 Å². The Bertz CT molecular complexity index is 576. The van der Waals surface area contributed by atoms with Gasteiger partial charge in [-0.15, -0.1) is 0 Å². The van der Waals surface area contributed by atoms with Crippen LogP contribution >= 0.6 is 0 Å². The van der Waals surface area contributed by atoms with E-state index in [9.17, 15) is 9.90 Å². The number of hydrogen-bond donors (Lipinski definition) is 3. The van der Waals surface area contributed by atoms with Crippen LogP contribution in [0.25, 0.3) is 0 Å². The van der Waals surface area contributed by atoms with Crippen molar-refractivity contribution >= 4 is 13.1 Å². The van der Waals surface area contributed by atoms with E-state index in [0.29, 0.717) is 25.2 Å². The predicted octanol–water partition coefficient (Wildman–Crippen LogP) is 2.21. The number of benzene rings is 1. The highest BCUT2D eigenvalue weighted by Crippen LogP contribution is 2.33. The second-order valence-corrected chi connectivity index (χ2v) is 7.91. The van der Waals surface area contributed by atoms with Gasteiger partial charge < -0.3 is 15.2 Å². The van der Waals surface area contributed by atoms with Gasteiger partial charge in [-0.25, -0.2) is 0 Å². The van der Waals surface area contributed by atoms with Crippen molar-refractivity contribution in [1.29, 1.82) is 0 Å². The minimum atomic E-state index is -1.28. The molecule has 0 amide bonds. The molecule has 1 atom stereocenters. The summed E-state index contributed by atoms with van der Waals surface area (Å²) in [4.78, 5) is 14.3. The minimum Gasteiger partial charge on any atom is -0.481 e. The Balaban J connectivity index is 1.47. The highest BCUT2D eigenvalue weighted by molar-refractivity contribution is 6.40. The van der Waals surface area contributed by atoms with Crippen molar-refractivity contribution in [1.82, 2.24) is 4.90 Å². The predicted molar refractivity (Wildman–Crippen MR) is 102 cm³/mol. The zero-order valence-electron chi connectivity index (χ0n) is 15.4. The van der Waals surface area contributed by atoms with Crippen LogP contribution in [-0.4, -0.2) is 52.3 Å². The fraction of sp³-hybridized carbons (Fsp3) is 0.650. The summed E-state index contributed by atoms with van der Waals surface area (Å²) < 4.78 is 0. The Morgan fingerprint density at radius 1 is 1.12 bits per heavy atom. The zero-order valence-corrected chi connectivity index (χ0v) is 15.4. The third-order valence-electron chi connectivity index (χ3n) is 6.23. The lowest BCUT2D eigenvalue weighted by atomic mass is 9.79. The molecule has 1 saturated heterocycles. The molecule has 26 heavy (non-hydrogen) atoms. The SMILES string of the molecule is O=C(O)C(CCCCB(O)O)C1CCN(C2Cc3ccccc3C2)CC1. The smallest absolute Gasteiger partial charge is 0.451 e. The molecule has 0 spiro atoms. The quantitative estimate of drug-likeness (QED) is 0.490. The summed E-state index contributed by atoms with van der Waals surface area (Å²) in [6, 6.07) is 9.25. The number of nitrogens with zero attached hydrogens (tertiary/aromatic N) is 1. The second kappa shape index (κ2) is 9.02. The summed E-state index contributed by atoms with van der Waals surface area (Å²) >= 11 is 0. The Morgan fingerprint density at radius 2 is 1.73 bits per heavy atom. The Kier molecular flexibility index (Phi) is 6.73. The van der Waals surface area contributed by atoms with E-state index in [2.05, 4.69) is 29.2 Å². The molecule has 1 fully saturated rings. The van der Waals surface area contributed by atoms with Gasteiger partial charge in [-0.3, -0.25) is 9.69 Å². The molecule has 0 radical (unpaired) electrons. The first-order valence-electron chi connectivity index (χ1n) is 9.94. The molecular formula is C20H30BNO4. The number of carbonyl (C=O) groups is 1. The maximum atomic E-state index is 11.7. The van der Waals surface area contributed by atoms with Gasteiger partial charge in [0.05, 0.1) is 5.92 Å². The number of likely N-dealkylation sites (tertiary alicyclic amines) is 1. The van der Waals surface area contributed by atoms with E-state index >= 15 is 0 Å². The van der Waals surface area contributed by atoms with Crippen molar-refractivity contribution in [3.63, 3.8) is 0 Å². The van der Waals surface area contributed by atoms with E-state index in [1.54, 1.807) is 0 Å². The third kappa shape index (κ3) is 4.87. The molecule has 1 aromatic rings. The van der Waals surface area contributed by atoms with Gasteiger partial charge in [0.2, 0.25) is 0 Å². The van der Waals surface area contributed by atoms with Crippen molar-refractivity contribution in [2.24, 2.45) is 11.8 Å². The molecule has 6 heteroatoms. The summed E-state index contributed by atoms with van der Waals surface area (Å²) in [5.74, 6) is -0.749. The average Bonchev–Trinajstić information content (AvgIpc) is 3.05. The highest BCUT2D eigenvalue weighted by atomic mass is 16.4. The van der Waals surface area contributed by atoms with E-state index in [-0.39, 0.29) is 11.8 Å². The zero-order chi connectivity index (χ0) is 18.5. The van der Waals surface area contributed by atoms with Crippen molar-refractivity contribution in [2.75, 3.05) is 13.1 Å². The lowest BCUT2D eigenvalue weighted by Crippen LogP contribution is -2.44. The summed E-state index contributed by atoms with van der Waals surface area (Å²) in [5, 5.41) is 27.4. The number of carboxylic acid groups (broad SMARTS) is 1. The van der Waals surface area contributed by atoms with Crippen LogP contribution in [0.3, 0.4) is 0 Å². The normalized spacial score (nSPS) is 20.1. The van der Waals surface area contributed by atoms with E-state index < -0.39 is 13.1 Å². The molecule has 3 N–H and O–H groups in total.